The lowest BCUT2D eigenvalue weighted by Gasteiger charge is -2.15. The Morgan fingerprint density at radius 1 is 1.32 bits per heavy atom. The molecule has 1 aliphatic rings. The van der Waals surface area contributed by atoms with E-state index in [1.54, 1.807) is 19.1 Å². The summed E-state index contributed by atoms with van der Waals surface area (Å²) < 4.78 is 26.7. The van der Waals surface area contributed by atoms with Gasteiger partial charge in [-0.05, 0) is 36.8 Å². The molecule has 0 saturated heterocycles. The third-order valence-corrected chi connectivity index (χ3v) is 5.16. The first-order valence-corrected chi connectivity index (χ1v) is 8.35. The Balaban J connectivity index is 2.11. The summed E-state index contributed by atoms with van der Waals surface area (Å²) in [4.78, 5) is 0.333. The van der Waals surface area contributed by atoms with Crippen LogP contribution in [-0.2, 0) is 10.0 Å². The van der Waals surface area contributed by atoms with Gasteiger partial charge in [0.1, 0.15) is 4.90 Å². The van der Waals surface area contributed by atoms with Crippen LogP contribution in [0.3, 0.4) is 0 Å². The molecule has 1 fully saturated rings. The van der Waals surface area contributed by atoms with Crippen LogP contribution in [0.5, 0.6) is 0 Å². The van der Waals surface area contributed by atoms with Gasteiger partial charge in [-0.15, -0.1) is 0 Å². The molecule has 1 unspecified atom stereocenters. The summed E-state index contributed by atoms with van der Waals surface area (Å²) in [5, 5.41) is 3.28. The first-order valence-electron chi connectivity index (χ1n) is 6.87. The van der Waals surface area contributed by atoms with Crippen molar-refractivity contribution < 1.29 is 8.42 Å². The fraction of sp³-hybridized carbons (Fsp3) is 0.571. The summed E-state index contributed by atoms with van der Waals surface area (Å²) in [5.41, 5.74) is 0.691. The Morgan fingerprint density at radius 2 is 2.00 bits per heavy atom. The molecular formula is C14H22N2O2S. The lowest BCUT2D eigenvalue weighted by Crippen LogP contribution is -2.24. The van der Waals surface area contributed by atoms with Gasteiger partial charge in [0.2, 0.25) is 10.0 Å². The van der Waals surface area contributed by atoms with Gasteiger partial charge in [-0.2, -0.15) is 0 Å². The van der Waals surface area contributed by atoms with Gasteiger partial charge in [0.25, 0.3) is 0 Å². The number of benzene rings is 1. The Labute approximate surface area is 115 Å². The summed E-state index contributed by atoms with van der Waals surface area (Å²) >= 11 is 0. The van der Waals surface area contributed by atoms with Crippen molar-refractivity contribution in [2.24, 2.45) is 11.8 Å². The molecular weight excluding hydrogens is 260 g/mol. The Morgan fingerprint density at radius 3 is 2.63 bits per heavy atom. The Hall–Kier alpha value is -1.07. The highest BCUT2D eigenvalue weighted by Crippen LogP contribution is 2.36. The lowest BCUT2D eigenvalue weighted by atomic mass is 10.1. The van der Waals surface area contributed by atoms with Gasteiger partial charge < -0.3 is 5.32 Å². The largest absolute Gasteiger partial charge is 0.384 e. The van der Waals surface area contributed by atoms with Crippen molar-refractivity contribution in [1.82, 2.24) is 4.72 Å². The molecule has 1 saturated carbocycles. The summed E-state index contributed by atoms with van der Waals surface area (Å²) in [6, 6.07) is 7.07. The summed E-state index contributed by atoms with van der Waals surface area (Å²) in [6.07, 6.45) is 2.61. The van der Waals surface area contributed by atoms with Crippen LogP contribution in [-0.4, -0.2) is 21.5 Å². The Kier molecular flexibility index (Phi) is 4.47. The van der Waals surface area contributed by atoms with E-state index in [0.717, 1.165) is 12.5 Å². The highest BCUT2D eigenvalue weighted by molar-refractivity contribution is 7.89. The number of para-hydroxylation sites is 1. The van der Waals surface area contributed by atoms with Gasteiger partial charge in [0, 0.05) is 13.1 Å². The van der Waals surface area contributed by atoms with E-state index in [9.17, 15) is 8.42 Å². The summed E-state index contributed by atoms with van der Waals surface area (Å²) in [6.45, 7) is 5.22. The van der Waals surface area contributed by atoms with Crippen LogP contribution in [0, 0.1) is 11.8 Å². The number of nitrogens with one attached hydrogen (secondary N) is 2. The maximum atomic E-state index is 12.1. The van der Waals surface area contributed by atoms with E-state index >= 15 is 0 Å². The maximum Gasteiger partial charge on any atom is 0.242 e. The van der Waals surface area contributed by atoms with Crippen LogP contribution in [0.1, 0.15) is 26.7 Å². The van der Waals surface area contributed by atoms with Crippen LogP contribution >= 0.6 is 0 Å². The van der Waals surface area contributed by atoms with Gasteiger partial charge in [-0.3, -0.25) is 0 Å². The predicted molar refractivity (Wildman–Crippen MR) is 77.7 cm³/mol. The average Bonchev–Trinajstić information content (AvgIpc) is 3.20. The molecule has 1 atom stereocenters. The number of sulfonamides is 1. The van der Waals surface area contributed by atoms with Gasteiger partial charge in [-0.1, -0.05) is 26.0 Å². The van der Waals surface area contributed by atoms with Crippen molar-refractivity contribution >= 4 is 15.7 Å². The maximum absolute atomic E-state index is 12.1. The minimum atomic E-state index is -3.41. The van der Waals surface area contributed by atoms with Crippen molar-refractivity contribution in [2.45, 2.75) is 31.6 Å². The second-order valence-corrected chi connectivity index (χ2v) is 6.93. The van der Waals surface area contributed by atoms with E-state index in [-0.39, 0.29) is 0 Å². The van der Waals surface area contributed by atoms with Crippen molar-refractivity contribution in [3.63, 3.8) is 0 Å². The SMILES string of the molecule is CCNS(=O)(=O)c1ccccc1NCC(C)C1CC1. The van der Waals surface area contributed by atoms with Crippen LogP contribution < -0.4 is 10.0 Å². The number of hydrogen-bond donors (Lipinski definition) is 2. The fourth-order valence-electron chi connectivity index (χ4n) is 2.22. The molecule has 1 aromatic rings. The van der Waals surface area contributed by atoms with Crippen molar-refractivity contribution in [1.29, 1.82) is 0 Å². The number of anilines is 1. The Bertz CT molecular complexity index is 524. The molecule has 5 heteroatoms. The molecule has 0 aromatic heterocycles. The van der Waals surface area contributed by atoms with Crippen molar-refractivity contribution in [2.75, 3.05) is 18.4 Å². The molecule has 0 heterocycles. The number of hydrogen-bond acceptors (Lipinski definition) is 3. The second kappa shape index (κ2) is 5.92. The van der Waals surface area contributed by atoms with Crippen LogP contribution in [0.4, 0.5) is 5.69 Å². The number of rotatable bonds is 7. The van der Waals surface area contributed by atoms with Crippen molar-refractivity contribution in [3.05, 3.63) is 24.3 Å². The topological polar surface area (TPSA) is 58.2 Å². The van der Waals surface area contributed by atoms with E-state index in [1.165, 1.54) is 12.8 Å². The molecule has 0 radical (unpaired) electrons. The van der Waals surface area contributed by atoms with E-state index in [1.807, 2.05) is 12.1 Å². The van der Waals surface area contributed by atoms with Gasteiger partial charge in [0.05, 0.1) is 5.69 Å². The fourth-order valence-corrected chi connectivity index (χ4v) is 3.44. The van der Waals surface area contributed by atoms with Crippen molar-refractivity contribution in [3.8, 4) is 0 Å². The predicted octanol–water partition coefficient (Wildman–Crippen LogP) is 2.44. The standard InChI is InChI=1S/C14H22N2O2S/c1-3-16-19(17,18)14-7-5-4-6-13(14)15-10-11(2)12-8-9-12/h4-7,11-12,15-16H,3,8-10H2,1-2H3. The molecule has 0 aliphatic heterocycles. The molecule has 19 heavy (non-hydrogen) atoms. The molecule has 0 bridgehead atoms. The normalized spacial score (nSPS) is 17.2. The minimum absolute atomic E-state index is 0.333. The van der Waals surface area contributed by atoms with Crippen LogP contribution in [0.25, 0.3) is 0 Å². The zero-order valence-electron chi connectivity index (χ0n) is 11.5. The third-order valence-electron chi connectivity index (χ3n) is 3.55. The van der Waals surface area contributed by atoms with E-state index in [2.05, 4.69) is 17.0 Å². The second-order valence-electron chi connectivity index (χ2n) is 5.19. The molecule has 1 aromatic carbocycles. The van der Waals surface area contributed by atoms with E-state index in [0.29, 0.717) is 23.0 Å². The average molecular weight is 282 g/mol. The zero-order valence-corrected chi connectivity index (χ0v) is 12.3. The molecule has 0 amide bonds. The highest BCUT2D eigenvalue weighted by atomic mass is 32.2. The first-order chi connectivity index (χ1) is 9.04. The summed E-state index contributed by atoms with van der Waals surface area (Å²) in [5.74, 6) is 1.40. The van der Waals surface area contributed by atoms with Gasteiger partial charge in [0.15, 0.2) is 0 Å². The molecule has 2 rings (SSSR count). The first kappa shape index (κ1) is 14.3. The monoisotopic (exact) mass is 282 g/mol. The van der Waals surface area contributed by atoms with Gasteiger partial charge >= 0.3 is 0 Å². The summed E-state index contributed by atoms with van der Waals surface area (Å²) in [7, 11) is -3.41. The third kappa shape index (κ3) is 3.70. The highest BCUT2D eigenvalue weighted by Gasteiger charge is 2.27. The molecule has 1 aliphatic carbocycles. The minimum Gasteiger partial charge on any atom is -0.384 e. The van der Waals surface area contributed by atoms with E-state index < -0.39 is 10.0 Å². The van der Waals surface area contributed by atoms with Gasteiger partial charge in [-0.25, -0.2) is 13.1 Å². The van der Waals surface area contributed by atoms with E-state index in [4.69, 9.17) is 0 Å². The molecule has 4 nitrogen and oxygen atoms in total. The lowest BCUT2D eigenvalue weighted by molar-refractivity contribution is 0.536. The molecule has 106 valence electrons. The molecule has 0 spiro atoms. The quantitative estimate of drug-likeness (QED) is 0.807. The zero-order chi connectivity index (χ0) is 13.9. The van der Waals surface area contributed by atoms with Crippen LogP contribution in [0.15, 0.2) is 29.2 Å². The molecule has 2 N–H and O–H groups in total. The smallest absolute Gasteiger partial charge is 0.242 e. The van der Waals surface area contributed by atoms with Crippen LogP contribution in [0.2, 0.25) is 0 Å².